The van der Waals surface area contributed by atoms with Crippen molar-refractivity contribution in [2.75, 3.05) is 11.9 Å². The van der Waals surface area contributed by atoms with Gasteiger partial charge >= 0.3 is 0 Å². The molecule has 1 aromatic carbocycles. The van der Waals surface area contributed by atoms with Crippen molar-refractivity contribution >= 4 is 11.6 Å². The molecule has 0 aliphatic carbocycles. The number of carbonyl (C=O) groups excluding carboxylic acids is 1. The summed E-state index contributed by atoms with van der Waals surface area (Å²) >= 11 is 0. The molecule has 3 heteroatoms. The molecule has 0 radical (unpaired) electrons. The molecular weight excluding hydrogens is 226 g/mol. The fraction of sp³-hybridized carbons (Fsp3) is 0.533. The minimum Gasteiger partial charge on any atom is -0.376 e. The maximum absolute atomic E-state index is 11.7. The maximum atomic E-state index is 11.7. The Kier molecular flexibility index (Phi) is 5.35. The Morgan fingerprint density at radius 3 is 2.39 bits per heavy atom. The van der Waals surface area contributed by atoms with Crippen LogP contribution in [0.5, 0.6) is 0 Å². The molecule has 0 heterocycles. The summed E-state index contributed by atoms with van der Waals surface area (Å²) in [5, 5.41) is 2.87. The summed E-state index contributed by atoms with van der Waals surface area (Å²) in [5.74, 6) is 0.0383. The van der Waals surface area contributed by atoms with Gasteiger partial charge in [-0.25, -0.2) is 0 Å². The van der Waals surface area contributed by atoms with Crippen LogP contribution in [0.1, 0.15) is 39.2 Å². The SMILES string of the molecule is Cc1ccc(NC(=O)CCCOC(C)(C)C)cc1. The van der Waals surface area contributed by atoms with Crippen molar-refractivity contribution in [2.24, 2.45) is 0 Å². The number of nitrogens with one attached hydrogen (secondary N) is 1. The quantitative estimate of drug-likeness (QED) is 0.811. The summed E-state index contributed by atoms with van der Waals surface area (Å²) in [7, 11) is 0. The minimum absolute atomic E-state index is 0.0383. The predicted molar refractivity (Wildman–Crippen MR) is 74.7 cm³/mol. The van der Waals surface area contributed by atoms with Crippen LogP contribution in [0.2, 0.25) is 0 Å². The van der Waals surface area contributed by atoms with Crippen LogP contribution in [-0.2, 0) is 9.53 Å². The van der Waals surface area contributed by atoms with E-state index >= 15 is 0 Å². The predicted octanol–water partition coefficient (Wildman–Crippen LogP) is 3.53. The Bertz CT molecular complexity index is 376. The normalized spacial score (nSPS) is 11.3. The Hall–Kier alpha value is -1.35. The van der Waals surface area contributed by atoms with Crippen LogP contribution in [0.3, 0.4) is 0 Å². The summed E-state index contributed by atoms with van der Waals surface area (Å²) in [6.07, 6.45) is 1.24. The van der Waals surface area contributed by atoms with Crippen molar-refractivity contribution in [1.82, 2.24) is 0 Å². The molecule has 1 rings (SSSR count). The number of ether oxygens (including phenoxy) is 1. The van der Waals surface area contributed by atoms with Crippen molar-refractivity contribution in [1.29, 1.82) is 0 Å². The molecule has 0 aromatic heterocycles. The number of hydrogen-bond acceptors (Lipinski definition) is 2. The van der Waals surface area contributed by atoms with Crippen LogP contribution in [-0.4, -0.2) is 18.1 Å². The van der Waals surface area contributed by atoms with Gasteiger partial charge in [-0.2, -0.15) is 0 Å². The third-order valence-corrected chi connectivity index (χ3v) is 2.42. The second kappa shape index (κ2) is 6.55. The summed E-state index contributed by atoms with van der Waals surface area (Å²) in [6.45, 7) is 8.68. The molecule has 0 atom stereocenters. The first-order chi connectivity index (χ1) is 8.37. The first kappa shape index (κ1) is 14.7. The second-order valence-electron chi connectivity index (χ2n) is 5.48. The van der Waals surface area contributed by atoms with Gasteiger partial charge in [0, 0.05) is 18.7 Å². The second-order valence-corrected chi connectivity index (χ2v) is 5.48. The minimum atomic E-state index is -0.132. The molecule has 3 nitrogen and oxygen atoms in total. The summed E-state index contributed by atoms with van der Waals surface area (Å²) in [4.78, 5) is 11.7. The largest absolute Gasteiger partial charge is 0.376 e. The van der Waals surface area contributed by atoms with Gasteiger partial charge in [-0.1, -0.05) is 17.7 Å². The van der Waals surface area contributed by atoms with E-state index in [0.717, 1.165) is 12.1 Å². The van der Waals surface area contributed by atoms with E-state index in [-0.39, 0.29) is 11.5 Å². The van der Waals surface area contributed by atoms with E-state index in [1.165, 1.54) is 5.56 Å². The molecule has 0 saturated carbocycles. The zero-order valence-electron chi connectivity index (χ0n) is 11.7. The Morgan fingerprint density at radius 1 is 1.22 bits per heavy atom. The third-order valence-electron chi connectivity index (χ3n) is 2.42. The van der Waals surface area contributed by atoms with Gasteiger partial charge in [0.25, 0.3) is 0 Å². The summed E-state index contributed by atoms with van der Waals surface area (Å²) in [6, 6.07) is 7.80. The molecule has 0 fully saturated rings. The average Bonchev–Trinajstić information content (AvgIpc) is 2.26. The van der Waals surface area contributed by atoms with Crippen LogP contribution in [0, 0.1) is 6.92 Å². The molecule has 1 aromatic rings. The highest BCUT2D eigenvalue weighted by molar-refractivity contribution is 5.90. The zero-order chi connectivity index (χ0) is 13.6. The van der Waals surface area contributed by atoms with Gasteiger partial charge in [0.1, 0.15) is 0 Å². The number of anilines is 1. The van der Waals surface area contributed by atoms with E-state index in [2.05, 4.69) is 5.32 Å². The summed E-state index contributed by atoms with van der Waals surface area (Å²) in [5.41, 5.74) is 1.90. The standard InChI is InChI=1S/C15H23NO2/c1-12-7-9-13(10-8-12)16-14(17)6-5-11-18-15(2,3)4/h7-10H,5-6,11H2,1-4H3,(H,16,17). The van der Waals surface area contributed by atoms with Crippen LogP contribution < -0.4 is 5.32 Å². The number of hydrogen-bond donors (Lipinski definition) is 1. The van der Waals surface area contributed by atoms with Crippen molar-refractivity contribution in [3.05, 3.63) is 29.8 Å². The summed E-state index contributed by atoms with van der Waals surface area (Å²) < 4.78 is 5.57. The van der Waals surface area contributed by atoms with Crippen molar-refractivity contribution in [3.8, 4) is 0 Å². The molecule has 0 bridgehead atoms. The average molecular weight is 249 g/mol. The number of amides is 1. The van der Waals surface area contributed by atoms with Gasteiger partial charge in [-0.05, 0) is 46.2 Å². The topological polar surface area (TPSA) is 38.3 Å². The van der Waals surface area contributed by atoms with E-state index in [0.29, 0.717) is 13.0 Å². The Morgan fingerprint density at radius 2 is 1.83 bits per heavy atom. The van der Waals surface area contributed by atoms with Crippen LogP contribution in [0.4, 0.5) is 5.69 Å². The molecule has 0 aliphatic heterocycles. The van der Waals surface area contributed by atoms with E-state index in [1.54, 1.807) is 0 Å². The molecule has 0 unspecified atom stereocenters. The lowest BCUT2D eigenvalue weighted by Crippen LogP contribution is -2.20. The van der Waals surface area contributed by atoms with Crippen molar-refractivity contribution in [2.45, 2.75) is 46.1 Å². The van der Waals surface area contributed by atoms with Crippen LogP contribution in [0.25, 0.3) is 0 Å². The zero-order valence-corrected chi connectivity index (χ0v) is 11.7. The third kappa shape index (κ3) is 6.40. The van der Waals surface area contributed by atoms with Gasteiger partial charge in [0.05, 0.1) is 5.60 Å². The number of aryl methyl sites for hydroxylation is 1. The number of carbonyl (C=O) groups is 1. The fourth-order valence-electron chi connectivity index (χ4n) is 1.47. The monoisotopic (exact) mass is 249 g/mol. The van der Waals surface area contributed by atoms with E-state index in [9.17, 15) is 4.79 Å². The maximum Gasteiger partial charge on any atom is 0.224 e. The van der Waals surface area contributed by atoms with E-state index in [4.69, 9.17) is 4.74 Å². The molecule has 100 valence electrons. The Labute approximate surface area is 110 Å². The number of rotatable bonds is 5. The highest BCUT2D eigenvalue weighted by atomic mass is 16.5. The molecular formula is C15H23NO2. The van der Waals surface area contributed by atoms with Gasteiger partial charge in [-0.15, -0.1) is 0 Å². The highest BCUT2D eigenvalue weighted by Crippen LogP contribution is 2.10. The van der Waals surface area contributed by atoms with Crippen LogP contribution >= 0.6 is 0 Å². The van der Waals surface area contributed by atoms with E-state index < -0.39 is 0 Å². The van der Waals surface area contributed by atoms with Gasteiger partial charge in [0.15, 0.2) is 0 Å². The van der Waals surface area contributed by atoms with Crippen molar-refractivity contribution < 1.29 is 9.53 Å². The first-order valence-electron chi connectivity index (χ1n) is 6.37. The smallest absolute Gasteiger partial charge is 0.224 e. The molecule has 1 N–H and O–H groups in total. The molecule has 0 spiro atoms. The Balaban J connectivity index is 2.24. The first-order valence-corrected chi connectivity index (χ1v) is 6.37. The molecule has 0 saturated heterocycles. The lowest BCUT2D eigenvalue weighted by molar-refractivity contribution is -0.116. The van der Waals surface area contributed by atoms with E-state index in [1.807, 2.05) is 52.0 Å². The molecule has 18 heavy (non-hydrogen) atoms. The molecule has 0 aliphatic rings. The van der Waals surface area contributed by atoms with Crippen LogP contribution in [0.15, 0.2) is 24.3 Å². The highest BCUT2D eigenvalue weighted by Gasteiger charge is 2.10. The lowest BCUT2D eigenvalue weighted by atomic mass is 10.2. The fourth-order valence-corrected chi connectivity index (χ4v) is 1.47. The molecule has 1 amide bonds. The van der Waals surface area contributed by atoms with Crippen molar-refractivity contribution in [3.63, 3.8) is 0 Å². The lowest BCUT2D eigenvalue weighted by Gasteiger charge is -2.19. The number of benzene rings is 1. The van der Waals surface area contributed by atoms with Gasteiger partial charge in [0.2, 0.25) is 5.91 Å². The van der Waals surface area contributed by atoms with Gasteiger partial charge < -0.3 is 10.1 Å². The van der Waals surface area contributed by atoms with Gasteiger partial charge in [-0.3, -0.25) is 4.79 Å².